The van der Waals surface area contributed by atoms with Gasteiger partial charge in [0.25, 0.3) is 15.9 Å². The Kier molecular flexibility index (Phi) is 8.34. The summed E-state index contributed by atoms with van der Waals surface area (Å²) >= 11 is 0. The van der Waals surface area contributed by atoms with Crippen LogP contribution < -0.4 is 20.3 Å². The van der Waals surface area contributed by atoms with E-state index in [1.54, 1.807) is 24.3 Å². The maximum atomic E-state index is 13.4. The molecule has 1 amide bonds. The van der Waals surface area contributed by atoms with Crippen molar-refractivity contribution >= 4 is 27.3 Å². The molecule has 8 heteroatoms. The lowest BCUT2D eigenvalue weighted by Crippen LogP contribution is -2.43. The van der Waals surface area contributed by atoms with Gasteiger partial charge in [0, 0.05) is 37.8 Å². The van der Waals surface area contributed by atoms with E-state index in [4.69, 9.17) is 0 Å². The van der Waals surface area contributed by atoms with Crippen LogP contribution in [0.4, 0.5) is 11.4 Å². The average molecular weight is 499 g/mol. The van der Waals surface area contributed by atoms with Crippen LogP contribution in [0.15, 0.2) is 47.4 Å². The zero-order valence-electron chi connectivity index (χ0n) is 20.8. The minimum atomic E-state index is -3.82. The molecule has 0 radical (unpaired) electrons. The SMILES string of the molecule is CC[C@H](C)NC(=O)c1ccc(N2CCNCC2)c(NS(=O)(=O)c2ccc(C3CCCCC3)cc2)c1. The summed E-state index contributed by atoms with van der Waals surface area (Å²) in [6, 6.07) is 12.6. The molecule has 0 bridgehead atoms. The van der Waals surface area contributed by atoms with E-state index in [2.05, 4.69) is 20.3 Å². The fourth-order valence-electron chi connectivity index (χ4n) is 4.91. The summed E-state index contributed by atoms with van der Waals surface area (Å²) in [6.45, 7) is 7.15. The highest BCUT2D eigenvalue weighted by atomic mass is 32.2. The van der Waals surface area contributed by atoms with Crippen molar-refractivity contribution in [3.8, 4) is 0 Å². The number of nitrogens with one attached hydrogen (secondary N) is 3. The van der Waals surface area contributed by atoms with E-state index < -0.39 is 10.0 Å². The van der Waals surface area contributed by atoms with E-state index in [1.165, 1.54) is 37.7 Å². The molecule has 0 spiro atoms. The van der Waals surface area contributed by atoms with Gasteiger partial charge in [-0.2, -0.15) is 0 Å². The molecule has 1 saturated heterocycles. The number of hydrogen-bond donors (Lipinski definition) is 3. The lowest BCUT2D eigenvalue weighted by molar-refractivity contribution is 0.0939. The largest absolute Gasteiger partial charge is 0.367 e. The fraction of sp³-hybridized carbons (Fsp3) is 0.519. The Hall–Kier alpha value is -2.58. The molecular formula is C27H38N4O3S. The van der Waals surface area contributed by atoms with Crippen LogP contribution in [0, 0.1) is 0 Å². The Labute approximate surface area is 209 Å². The molecule has 190 valence electrons. The molecular weight excluding hydrogens is 460 g/mol. The Morgan fingerprint density at radius 2 is 1.74 bits per heavy atom. The van der Waals surface area contributed by atoms with E-state index in [1.807, 2.05) is 32.0 Å². The molecule has 35 heavy (non-hydrogen) atoms. The number of rotatable bonds is 8. The number of amides is 1. The quantitative estimate of drug-likeness (QED) is 0.500. The highest BCUT2D eigenvalue weighted by Crippen LogP contribution is 2.34. The first-order chi connectivity index (χ1) is 16.9. The van der Waals surface area contributed by atoms with Crippen LogP contribution in [-0.4, -0.2) is 46.5 Å². The van der Waals surface area contributed by atoms with Crippen LogP contribution in [0.25, 0.3) is 0 Å². The number of sulfonamides is 1. The van der Waals surface area contributed by atoms with Crippen LogP contribution in [-0.2, 0) is 10.0 Å². The number of hydrogen-bond acceptors (Lipinski definition) is 5. The van der Waals surface area contributed by atoms with Gasteiger partial charge in [-0.3, -0.25) is 9.52 Å². The Morgan fingerprint density at radius 1 is 1.06 bits per heavy atom. The molecule has 7 nitrogen and oxygen atoms in total. The molecule has 0 unspecified atom stereocenters. The summed E-state index contributed by atoms with van der Waals surface area (Å²) in [5.41, 5.74) is 2.87. The summed E-state index contributed by atoms with van der Waals surface area (Å²) < 4.78 is 29.6. The smallest absolute Gasteiger partial charge is 0.261 e. The van der Waals surface area contributed by atoms with Crippen molar-refractivity contribution in [2.75, 3.05) is 35.8 Å². The Balaban J connectivity index is 1.60. The molecule has 2 aromatic rings. The third-order valence-electron chi connectivity index (χ3n) is 7.22. The molecule has 1 heterocycles. The fourth-order valence-corrected chi connectivity index (χ4v) is 5.97. The van der Waals surface area contributed by atoms with Crippen molar-refractivity contribution in [3.05, 3.63) is 53.6 Å². The van der Waals surface area contributed by atoms with Crippen LogP contribution in [0.3, 0.4) is 0 Å². The van der Waals surface area contributed by atoms with Crippen molar-refractivity contribution in [2.24, 2.45) is 0 Å². The highest BCUT2D eigenvalue weighted by molar-refractivity contribution is 7.92. The second-order valence-electron chi connectivity index (χ2n) is 9.76. The first-order valence-electron chi connectivity index (χ1n) is 12.9. The summed E-state index contributed by atoms with van der Waals surface area (Å²) in [7, 11) is -3.82. The topological polar surface area (TPSA) is 90.5 Å². The average Bonchev–Trinajstić information content (AvgIpc) is 2.89. The normalized spacial score (nSPS) is 18.2. The summed E-state index contributed by atoms with van der Waals surface area (Å²) in [5, 5.41) is 6.29. The van der Waals surface area contributed by atoms with Crippen LogP contribution in [0.2, 0.25) is 0 Å². The van der Waals surface area contributed by atoms with E-state index in [-0.39, 0.29) is 16.8 Å². The van der Waals surface area contributed by atoms with Gasteiger partial charge < -0.3 is 15.5 Å². The maximum Gasteiger partial charge on any atom is 0.261 e. The van der Waals surface area contributed by atoms with E-state index in [9.17, 15) is 13.2 Å². The summed E-state index contributed by atoms with van der Waals surface area (Å²) in [5.74, 6) is 0.317. The van der Waals surface area contributed by atoms with Gasteiger partial charge in [0.1, 0.15) is 0 Å². The molecule has 1 atom stereocenters. The van der Waals surface area contributed by atoms with Crippen molar-refractivity contribution in [2.45, 2.75) is 69.2 Å². The van der Waals surface area contributed by atoms with Crippen molar-refractivity contribution < 1.29 is 13.2 Å². The third-order valence-corrected chi connectivity index (χ3v) is 8.60. The monoisotopic (exact) mass is 498 g/mol. The van der Waals surface area contributed by atoms with E-state index in [0.717, 1.165) is 38.3 Å². The maximum absolute atomic E-state index is 13.4. The zero-order valence-corrected chi connectivity index (χ0v) is 21.7. The van der Waals surface area contributed by atoms with Crippen LogP contribution in [0.1, 0.15) is 74.2 Å². The van der Waals surface area contributed by atoms with Gasteiger partial charge in [-0.1, -0.05) is 38.3 Å². The summed E-state index contributed by atoms with van der Waals surface area (Å²) in [6.07, 6.45) is 6.93. The van der Waals surface area contributed by atoms with E-state index in [0.29, 0.717) is 17.2 Å². The van der Waals surface area contributed by atoms with Gasteiger partial charge >= 0.3 is 0 Å². The minimum absolute atomic E-state index is 0.0400. The van der Waals surface area contributed by atoms with E-state index >= 15 is 0 Å². The number of benzene rings is 2. The lowest BCUT2D eigenvalue weighted by Gasteiger charge is -2.31. The number of nitrogens with zero attached hydrogens (tertiary/aromatic N) is 1. The number of carbonyl (C=O) groups is 1. The van der Waals surface area contributed by atoms with Gasteiger partial charge in [-0.25, -0.2) is 8.42 Å². The van der Waals surface area contributed by atoms with Crippen molar-refractivity contribution in [1.29, 1.82) is 0 Å². The molecule has 2 fully saturated rings. The summed E-state index contributed by atoms with van der Waals surface area (Å²) in [4.78, 5) is 15.1. The molecule has 4 rings (SSSR count). The van der Waals surface area contributed by atoms with Crippen molar-refractivity contribution in [1.82, 2.24) is 10.6 Å². The molecule has 3 N–H and O–H groups in total. The second-order valence-corrected chi connectivity index (χ2v) is 11.4. The number of piperazine rings is 1. The van der Waals surface area contributed by atoms with Gasteiger partial charge in [0.15, 0.2) is 0 Å². The van der Waals surface area contributed by atoms with Crippen LogP contribution >= 0.6 is 0 Å². The highest BCUT2D eigenvalue weighted by Gasteiger charge is 2.23. The lowest BCUT2D eigenvalue weighted by atomic mass is 9.84. The second kappa shape index (κ2) is 11.4. The first-order valence-corrected chi connectivity index (χ1v) is 14.4. The third kappa shape index (κ3) is 6.35. The molecule has 0 aromatic heterocycles. The number of carbonyl (C=O) groups excluding carboxylic acids is 1. The molecule has 2 aromatic carbocycles. The van der Waals surface area contributed by atoms with Gasteiger partial charge in [-0.05, 0) is 68.0 Å². The van der Waals surface area contributed by atoms with Crippen molar-refractivity contribution in [3.63, 3.8) is 0 Å². The predicted octanol–water partition coefficient (Wildman–Crippen LogP) is 4.47. The Bertz CT molecular complexity index is 1110. The van der Waals surface area contributed by atoms with Gasteiger partial charge in [0.2, 0.25) is 0 Å². The van der Waals surface area contributed by atoms with Gasteiger partial charge in [0.05, 0.1) is 16.3 Å². The minimum Gasteiger partial charge on any atom is -0.367 e. The predicted molar refractivity (Wildman–Crippen MR) is 142 cm³/mol. The van der Waals surface area contributed by atoms with Gasteiger partial charge in [-0.15, -0.1) is 0 Å². The standard InChI is InChI=1S/C27H38N4O3S/c1-3-20(2)29-27(32)23-11-14-26(31-17-15-28-16-18-31)25(19-23)30-35(33,34)24-12-9-22(10-13-24)21-7-5-4-6-8-21/h9-14,19-21,28,30H,3-8,15-18H2,1-2H3,(H,29,32)/t20-/m0/s1. The number of anilines is 2. The first kappa shape index (κ1) is 25.5. The molecule has 1 aliphatic heterocycles. The molecule has 1 aliphatic carbocycles. The molecule has 2 aliphatic rings. The van der Waals surface area contributed by atoms with Crippen LogP contribution in [0.5, 0.6) is 0 Å². The molecule has 1 saturated carbocycles. The Morgan fingerprint density at radius 3 is 2.40 bits per heavy atom. The zero-order chi connectivity index (χ0) is 24.8.